The molecule has 0 saturated carbocycles. The highest BCUT2D eigenvalue weighted by Gasteiger charge is 2.31. The number of nitrogens with two attached hydrogens (primary N) is 2. The summed E-state index contributed by atoms with van der Waals surface area (Å²) >= 11 is 0. The van der Waals surface area contributed by atoms with Gasteiger partial charge in [0.15, 0.2) is 0 Å². The molecule has 37 heavy (non-hydrogen) atoms. The molecule has 17 nitrogen and oxygen atoms in total. The van der Waals surface area contributed by atoms with Gasteiger partial charge in [-0.15, -0.1) is 0 Å². The maximum atomic E-state index is 13.0. The van der Waals surface area contributed by atoms with Crippen molar-refractivity contribution in [3.05, 3.63) is 18.2 Å². The summed E-state index contributed by atoms with van der Waals surface area (Å²) in [7, 11) is 0. The number of aromatic amines is 1. The van der Waals surface area contributed by atoms with E-state index >= 15 is 0 Å². The van der Waals surface area contributed by atoms with Crippen molar-refractivity contribution in [2.24, 2.45) is 11.5 Å². The predicted octanol–water partition coefficient (Wildman–Crippen LogP) is -3.58. The number of rotatable bonds is 17. The van der Waals surface area contributed by atoms with Gasteiger partial charge in [-0.05, 0) is 12.8 Å². The molecule has 4 unspecified atom stereocenters. The Hall–Kier alpha value is -4.54. The molecule has 0 aliphatic rings. The zero-order valence-corrected chi connectivity index (χ0v) is 19.5. The van der Waals surface area contributed by atoms with Gasteiger partial charge in [0, 0.05) is 31.2 Å². The van der Waals surface area contributed by atoms with Crippen LogP contribution in [0.2, 0.25) is 0 Å². The van der Waals surface area contributed by atoms with Crippen LogP contribution in [0.15, 0.2) is 12.5 Å². The third-order valence-corrected chi connectivity index (χ3v) is 4.92. The smallest absolute Gasteiger partial charge is 0.326 e. The quantitative estimate of drug-likeness (QED) is 0.0950. The number of carbonyl (C=O) groups is 7. The lowest BCUT2D eigenvalue weighted by Crippen LogP contribution is -2.57. The number of aromatic nitrogens is 2. The zero-order valence-electron chi connectivity index (χ0n) is 19.5. The minimum Gasteiger partial charge on any atom is -0.481 e. The number of imidazole rings is 1. The van der Waals surface area contributed by atoms with Crippen molar-refractivity contribution in [3.63, 3.8) is 0 Å². The molecule has 204 valence electrons. The molecule has 0 aromatic carbocycles. The Labute approximate surface area is 209 Å². The Bertz CT molecular complexity index is 998. The first kappa shape index (κ1) is 30.5. The zero-order chi connectivity index (χ0) is 28.1. The lowest BCUT2D eigenvalue weighted by atomic mass is 10.1. The third-order valence-electron chi connectivity index (χ3n) is 4.92. The van der Waals surface area contributed by atoms with Crippen molar-refractivity contribution in [1.29, 1.82) is 0 Å². The van der Waals surface area contributed by atoms with Gasteiger partial charge in [-0.1, -0.05) is 0 Å². The second kappa shape index (κ2) is 14.8. The maximum Gasteiger partial charge on any atom is 0.326 e. The van der Waals surface area contributed by atoms with Crippen LogP contribution in [0.25, 0.3) is 0 Å². The van der Waals surface area contributed by atoms with E-state index in [-0.39, 0.29) is 19.3 Å². The predicted molar refractivity (Wildman–Crippen MR) is 121 cm³/mol. The Balaban J connectivity index is 3.09. The number of primary amides is 1. The van der Waals surface area contributed by atoms with Gasteiger partial charge in [0.1, 0.15) is 18.1 Å². The van der Waals surface area contributed by atoms with E-state index in [1.807, 2.05) is 0 Å². The third kappa shape index (κ3) is 11.6. The van der Waals surface area contributed by atoms with Gasteiger partial charge < -0.3 is 47.7 Å². The first-order valence-electron chi connectivity index (χ1n) is 10.9. The Morgan fingerprint density at radius 1 is 0.838 bits per heavy atom. The van der Waals surface area contributed by atoms with Crippen molar-refractivity contribution in [1.82, 2.24) is 25.9 Å². The van der Waals surface area contributed by atoms with E-state index in [1.54, 1.807) is 0 Å². The van der Waals surface area contributed by atoms with Crippen LogP contribution in [0, 0.1) is 0 Å². The van der Waals surface area contributed by atoms with E-state index < -0.39 is 85.0 Å². The molecule has 0 fully saturated rings. The summed E-state index contributed by atoms with van der Waals surface area (Å²) in [5, 5.41) is 33.7. The van der Waals surface area contributed by atoms with Gasteiger partial charge >= 0.3 is 17.9 Å². The van der Waals surface area contributed by atoms with Crippen molar-refractivity contribution in [2.45, 2.75) is 62.7 Å². The molecule has 1 rings (SSSR count). The van der Waals surface area contributed by atoms with Crippen LogP contribution in [0.1, 0.15) is 37.8 Å². The van der Waals surface area contributed by atoms with Crippen molar-refractivity contribution in [3.8, 4) is 0 Å². The summed E-state index contributed by atoms with van der Waals surface area (Å²) < 4.78 is 0. The van der Waals surface area contributed by atoms with Gasteiger partial charge in [-0.25, -0.2) is 9.78 Å². The number of nitrogens with zero attached hydrogens (tertiary/aromatic N) is 1. The molecule has 1 heterocycles. The lowest BCUT2D eigenvalue weighted by Gasteiger charge is -2.24. The number of nitrogens with one attached hydrogen (secondary N) is 4. The summed E-state index contributed by atoms with van der Waals surface area (Å²) in [6.07, 6.45) is 0.0153. The molecular formula is C20H29N7O10. The molecule has 0 spiro atoms. The monoisotopic (exact) mass is 527 g/mol. The molecule has 1 aromatic rings. The molecule has 0 saturated heterocycles. The van der Waals surface area contributed by atoms with E-state index in [4.69, 9.17) is 21.7 Å². The van der Waals surface area contributed by atoms with E-state index in [1.165, 1.54) is 12.5 Å². The first-order valence-corrected chi connectivity index (χ1v) is 10.9. The number of aliphatic carboxylic acids is 3. The Morgan fingerprint density at radius 3 is 1.92 bits per heavy atom. The largest absolute Gasteiger partial charge is 0.481 e. The number of amides is 4. The van der Waals surface area contributed by atoms with E-state index in [2.05, 4.69) is 25.9 Å². The number of carboxylic acid groups (broad SMARTS) is 3. The molecule has 0 radical (unpaired) electrons. The molecule has 11 N–H and O–H groups in total. The number of hydrogen-bond donors (Lipinski definition) is 9. The average molecular weight is 527 g/mol. The number of carbonyl (C=O) groups excluding carboxylic acids is 4. The van der Waals surface area contributed by atoms with Crippen molar-refractivity contribution >= 4 is 41.5 Å². The SMILES string of the molecule is NC(=O)CCC(NC(=O)C(N)CC(=O)O)C(=O)NC(Cc1cnc[nH]1)C(=O)NC(CCC(=O)O)C(=O)O. The van der Waals surface area contributed by atoms with Gasteiger partial charge in [0.2, 0.25) is 23.6 Å². The van der Waals surface area contributed by atoms with Crippen LogP contribution in [0.3, 0.4) is 0 Å². The highest BCUT2D eigenvalue weighted by atomic mass is 16.4. The standard InChI is InChI=1S/C20H29N7O10/c21-10(6-16(31)32)17(33)25-11(1-3-14(22)28)18(34)27-13(5-9-7-23-8-24-9)19(35)26-12(20(36)37)2-4-15(29)30/h7-8,10-13H,1-6,21H2,(H2,22,28)(H,23,24)(H,25,33)(H,26,35)(H,27,34)(H,29,30)(H,31,32)(H,36,37). The fourth-order valence-corrected chi connectivity index (χ4v) is 3.01. The molecular weight excluding hydrogens is 498 g/mol. The van der Waals surface area contributed by atoms with Crippen LogP contribution in [-0.4, -0.2) is 91.0 Å². The summed E-state index contributed by atoms with van der Waals surface area (Å²) in [5.41, 5.74) is 11.0. The topological polar surface area (TPSA) is 297 Å². The fraction of sp³-hybridized carbons (Fsp3) is 0.500. The highest BCUT2D eigenvalue weighted by Crippen LogP contribution is 2.06. The molecule has 0 bridgehead atoms. The van der Waals surface area contributed by atoms with E-state index in [0.717, 1.165) is 0 Å². The average Bonchev–Trinajstić information content (AvgIpc) is 3.30. The second-order valence-electron chi connectivity index (χ2n) is 7.94. The van der Waals surface area contributed by atoms with Crippen molar-refractivity contribution in [2.75, 3.05) is 0 Å². The highest BCUT2D eigenvalue weighted by molar-refractivity contribution is 5.95. The van der Waals surface area contributed by atoms with Crippen LogP contribution in [0.5, 0.6) is 0 Å². The molecule has 4 atom stereocenters. The molecule has 0 aliphatic carbocycles. The van der Waals surface area contributed by atoms with Gasteiger partial charge in [-0.2, -0.15) is 0 Å². The minimum atomic E-state index is -1.58. The van der Waals surface area contributed by atoms with E-state index in [0.29, 0.717) is 5.69 Å². The Kier molecular flexibility index (Phi) is 12.2. The molecule has 4 amide bonds. The fourth-order valence-electron chi connectivity index (χ4n) is 3.01. The summed E-state index contributed by atoms with van der Waals surface area (Å²) in [5.74, 6) is -7.93. The van der Waals surface area contributed by atoms with Gasteiger partial charge in [0.25, 0.3) is 0 Å². The van der Waals surface area contributed by atoms with Crippen molar-refractivity contribution < 1.29 is 48.9 Å². The number of carboxylic acids is 3. The minimum absolute atomic E-state index is 0.210. The lowest BCUT2D eigenvalue weighted by molar-refractivity contribution is -0.143. The normalized spacial score (nSPS) is 13.9. The number of H-pyrrole nitrogens is 1. The summed E-state index contributed by atoms with van der Waals surface area (Å²) in [6.45, 7) is 0. The van der Waals surface area contributed by atoms with Gasteiger partial charge in [-0.3, -0.25) is 28.8 Å². The second-order valence-corrected chi connectivity index (χ2v) is 7.94. The van der Waals surface area contributed by atoms with Gasteiger partial charge in [0.05, 0.1) is 18.8 Å². The molecule has 0 aliphatic heterocycles. The van der Waals surface area contributed by atoms with Crippen LogP contribution in [-0.2, 0) is 40.0 Å². The Morgan fingerprint density at radius 2 is 1.41 bits per heavy atom. The number of hydrogen-bond acceptors (Lipinski definition) is 9. The van der Waals surface area contributed by atoms with E-state index in [9.17, 15) is 38.7 Å². The molecule has 17 heteroatoms. The summed E-state index contributed by atoms with van der Waals surface area (Å²) in [4.78, 5) is 88.9. The van der Waals surface area contributed by atoms with Crippen LogP contribution in [0.4, 0.5) is 0 Å². The first-order chi connectivity index (χ1) is 17.3. The maximum absolute atomic E-state index is 13.0. The summed E-state index contributed by atoms with van der Waals surface area (Å²) in [6, 6.07) is -5.99. The molecule has 1 aromatic heterocycles. The van der Waals surface area contributed by atoms with Crippen LogP contribution < -0.4 is 27.4 Å². The van der Waals surface area contributed by atoms with Crippen LogP contribution >= 0.6 is 0 Å².